The summed E-state index contributed by atoms with van der Waals surface area (Å²) in [4.78, 5) is 22.3. The van der Waals surface area contributed by atoms with Crippen LogP contribution in [0.4, 0.5) is 8.78 Å². The molecule has 32 heavy (non-hydrogen) atoms. The van der Waals surface area contributed by atoms with Crippen LogP contribution in [0.3, 0.4) is 0 Å². The number of fused-ring (bicyclic) bond motifs is 2. The molecule has 1 saturated carbocycles. The number of amides is 1. The van der Waals surface area contributed by atoms with Gasteiger partial charge in [0.05, 0.1) is 24.5 Å². The van der Waals surface area contributed by atoms with Crippen LogP contribution in [0.5, 0.6) is 0 Å². The van der Waals surface area contributed by atoms with Crippen LogP contribution in [0.25, 0.3) is 0 Å². The summed E-state index contributed by atoms with van der Waals surface area (Å²) in [5.74, 6) is 3.75. The molecule has 1 aliphatic carbocycles. The third-order valence-corrected chi connectivity index (χ3v) is 6.37. The zero-order valence-electron chi connectivity index (χ0n) is 16.8. The molecule has 2 aromatic rings. The van der Waals surface area contributed by atoms with E-state index in [0.717, 1.165) is 17.7 Å². The van der Waals surface area contributed by atoms with Gasteiger partial charge in [-0.05, 0) is 37.1 Å². The fourth-order valence-corrected chi connectivity index (χ4v) is 4.56. The number of carbonyl (C=O) groups is 1. The van der Waals surface area contributed by atoms with Crippen molar-refractivity contribution in [3.63, 3.8) is 0 Å². The number of benzene rings is 2. The van der Waals surface area contributed by atoms with Gasteiger partial charge in [-0.1, -0.05) is 30.0 Å². The second-order valence-electron chi connectivity index (χ2n) is 8.55. The molecular formula is C24H17F2N3O3. The summed E-state index contributed by atoms with van der Waals surface area (Å²) < 4.78 is 35.6. The molecule has 8 heteroatoms. The highest BCUT2D eigenvalue weighted by Crippen LogP contribution is 2.52. The van der Waals surface area contributed by atoms with Gasteiger partial charge in [0.2, 0.25) is 5.96 Å². The van der Waals surface area contributed by atoms with Crippen LogP contribution in [0.2, 0.25) is 0 Å². The van der Waals surface area contributed by atoms with E-state index in [1.807, 2.05) is 18.2 Å². The molecule has 0 aromatic heterocycles. The van der Waals surface area contributed by atoms with Crippen molar-refractivity contribution >= 4 is 17.6 Å². The van der Waals surface area contributed by atoms with E-state index in [-0.39, 0.29) is 41.9 Å². The first-order valence-corrected chi connectivity index (χ1v) is 10.3. The average Bonchev–Trinajstić information content (AvgIpc) is 3.41. The van der Waals surface area contributed by atoms with E-state index >= 15 is 8.78 Å². The lowest BCUT2D eigenvalue weighted by Gasteiger charge is -2.46. The van der Waals surface area contributed by atoms with Crippen molar-refractivity contribution < 1.29 is 23.4 Å². The van der Waals surface area contributed by atoms with E-state index in [1.54, 1.807) is 17.0 Å². The Hall–Kier alpha value is -3.41. The predicted molar refractivity (Wildman–Crippen MR) is 111 cm³/mol. The third kappa shape index (κ3) is 2.68. The van der Waals surface area contributed by atoms with Crippen molar-refractivity contribution in [1.82, 2.24) is 4.90 Å². The number of rotatable bonds is 2. The lowest BCUT2D eigenvalue weighted by atomic mass is 9.84. The second kappa shape index (κ2) is 6.55. The van der Waals surface area contributed by atoms with Crippen molar-refractivity contribution in [3.05, 3.63) is 70.8 Å². The fraction of sp³-hybridized carbons (Fsp3) is 0.292. The minimum Gasteiger partial charge on any atom is -0.382 e. The molecule has 1 amide bonds. The molecule has 1 spiro atoms. The topological polar surface area (TPSA) is 74.5 Å². The van der Waals surface area contributed by atoms with Crippen molar-refractivity contribution in [2.24, 2.45) is 9.98 Å². The zero-order chi connectivity index (χ0) is 22.1. The highest BCUT2D eigenvalue weighted by Gasteiger charge is 2.68. The Bertz CT molecular complexity index is 1260. The van der Waals surface area contributed by atoms with Crippen LogP contribution in [0, 0.1) is 23.5 Å². The number of aliphatic imine (C=N–C) groups is 2. The number of aliphatic hydroxyl groups is 1. The monoisotopic (exact) mass is 433 g/mol. The summed E-state index contributed by atoms with van der Waals surface area (Å²) >= 11 is 0. The van der Waals surface area contributed by atoms with Gasteiger partial charge in [-0.25, -0.2) is 13.8 Å². The molecular weight excluding hydrogens is 416 g/mol. The van der Waals surface area contributed by atoms with Crippen LogP contribution in [0.15, 0.2) is 52.4 Å². The zero-order valence-corrected chi connectivity index (χ0v) is 16.8. The van der Waals surface area contributed by atoms with Gasteiger partial charge >= 0.3 is 0 Å². The molecule has 3 aliphatic heterocycles. The Morgan fingerprint density at radius 3 is 2.28 bits per heavy atom. The molecule has 6 nitrogen and oxygen atoms in total. The van der Waals surface area contributed by atoms with Gasteiger partial charge in [0.25, 0.3) is 5.91 Å². The van der Waals surface area contributed by atoms with Gasteiger partial charge in [-0.2, -0.15) is 4.99 Å². The van der Waals surface area contributed by atoms with Crippen LogP contribution >= 0.6 is 0 Å². The Morgan fingerprint density at radius 1 is 1.03 bits per heavy atom. The van der Waals surface area contributed by atoms with E-state index in [9.17, 15) is 9.90 Å². The number of carbonyl (C=O) groups excluding carboxylic acids is 1. The number of hydrogen-bond acceptors (Lipinski definition) is 5. The molecule has 3 heterocycles. The highest BCUT2D eigenvalue weighted by molar-refractivity contribution is 6.22. The predicted octanol–water partition coefficient (Wildman–Crippen LogP) is 2.03. The van der Waals surface area contributed by atoms with Crippen LogP contribution in [-0.2, 0) is 9.53 Å². The SMILES string of the molecule is O=C1N=C2N=C(c3c(F)cc(C#Cc4ccccc4)cc3F)C(C3(O)COC3)N2C12CC2. The summed E-state index contributed by atoms with van der Waals surface area (Å²) in [6, 6.07) is 10.5. The maximum atomic E-state index is 15.2. The van der Waals surface area contributed by atoms with E-state index in [2.05, 4.69) is 21.8 Å². The molecule has 2 aromatic carbocycles. The van der Waals surface area contributed by atoms with Crippen molar-refractivity contribution in [3.8, 4) is 11.8 Å². The minimum absolute atomic E-state index is 0.0192. The number of guanidine groups is 1. The molecule has 1 saturated heterocycles. The van der Waals surface area contributed by atoms with Crippen LogP contribution in [0.1, 0.15) is 29.5 Å². The Morgan fingerprint density at radius 2 is 1.69 bits per heavy atom. The van der Waals surface area contributed by atoms with Crippen LogP contribution in [-0.4, -0.2) is 58.0 Å². The van der Waals surface area contributed by atoms with Gasteiger partial charge in [0.15, 0.2) is 0 Å². The van der Waals surface area contributed by atoms with Crippen LogP contribution < -0.4 is 0 Å². The number of ether oxygens (including phenoxy) is 1. The maximum absolute atomic E-state index is 15.2. The molecule has 2 fully saturated rings. The molecule has 160 valence electrons. The molecule has 4 aliphatic rings. The Balaban J connectivity index is 1.42. The maximum Gasteiger partial charge on any atom is 0.274 e. The molecule has 1 N–H and O–H groups in total. The second-order valence-corrected chi connectivity index (χ2v) is 8.55. The molecule has 0 radical (unpaired) electrons. The summed E-state index contributed by atoms with van der Waals surface area (Å²) in [7, 11) is 0. The first kappa shape index (κ1) is 19.3. The smallest absolute Gasteiger partial charge is 0.274 e. The van der Waals surface area contributed by atoms with Crippen molar-refractivity contribution in [2.75, 3.05) is 13.2 Å². The molecule has 1 unspecified atom stereocenters. The number of hydrogen-bond donors (Lipinski definition) is 1. The lowest BCUT2D eigenvalue weighted by Crippen LogP contribution is -2.67. The summed E-state index contributed by atoms with van der Waals surface area (Å²) in [6.45, 7) is -0.0385. The Kier molecular flexibility index (Phi) is 3.95. The summed E-state index contributed by atoms with van der Waals surface area (Å²) in [5.41, 5.74) is -1.71. The third-order valence-electron chi connectivity index (χ3n) is 6.37. The standard InChI is InChI=1S/C24H17F2N3O3/c25-16-10-15(7-6-14-4-2-1-3-5-14)11-17(26)18(16)19-20(24(31)12-32-13-24)29-22(27-19)28-21(30)23(29)8-9-23/h1-5,10-11,20,31H,8-9,12-13H2. The number of halogens is 2. The minimum atomic E-state index is -1.42. The van der Waals surface area contributed by atoms with E-state index in [1.165, 1.54) is 0 Å². The molecule has 6 rings (SSSR count). The van der Waals surface area contributed by atoms with Gasteiger partial charge in [0.1, 0.15) is 28.8 Å². The van der Waals surface area contributed by atoms with E-state index in [4.69, 9.17) is 4.74 Å². The van der Waals surface area contributed by atoms with Gasteiger partial charge in [0, 0.05) is 11.1 Å². The molecule has 0 bridgehead atoms. The lowest BCUT2D eigenvalue weighted by molar-refractivity contribution is -0.195. The van der Waals surface area contributed by atoms with Gasteiger partial charge in [-0.15, -0.1) is 0 Å². The highest BCUT2D eigenvalue weighted by atomic mass is 19.1. The van der Waals surface area contributed by atoms with Gasteiger partial charge < -0.3 is 14.7 Å². The first-order valence-electron chi connectivity index (χ1n) is 10.3. The average molecular weight is 433 g/mol. The van der Waals surface area contributed by atoms with Gasteiger partial charge in [-0.3, -0.25) is 4.79 Å². The van der Waals surface area contributed by atoms with Crippen molar-refractivity contribution in [1.29, 1.82) is 0 Å². The number of nitrogens with zero attached hydrogens (tertiary/aromatic N) is 3. The quantitative estimate of drug-likeness (QED) is 0.736. The largest absolute Gasteiger partial charge is 0.382 e. The fourth-order valence-electron chi connectivity index (χ4n) is 4.56. The first-order chi connectivity index (χ1) is 15.4. The van der Waals surface area contributed by atoms with E-state index in [0.29, 0.717) is 12.8 Å². The Labute approximate surface area is 182 Å². The summed E-state index contributed by atoms with van der Waals surface area (Å²) in [6.07, 6.45) is 1.13. The molecule has 1 atom stereocenters. The normalized spacial score (nSPS) is 23.8. The van der Waals surface area contributed by atoms with Crippen molar-refractivity contribution in [2.45, 2.75) is 30.0 Å². The summed E-state index contributed by atoms with van der Waals surface area (Å²) in [5, 5.41) is 11.1. The van der Waals surface area contributed by atoms with E-state index < -0.39 is 28.8 Å².